The molecule has 1 aliphatic rings. The highest BCUT2D eigenvalue weighted by Gasteiger charge is 2.18. The van der Waals surface area contributed by atoms with Crippen molar-refractivity contribution in [3.05, 3.63) is 24.4 Å². The molecule has 1 N–H and O–H groups in total. The molecule has 3 heteroatoms. The molecule has 76 valence electrons. The van der Waals surface area contributed by atoms with Crippen LogP contribution in [0.25, 0.3) is 0 Å². The van der Waals surface area contributed by atoms with Gasteiger partial charge in [0, 0.05) is 25.9 Å². The summed E-state index contributed by atoms with van der Waals surface area (Å²) in [6.45, 7) is 2.36. The number of aliphatic hydroxyl groups excluding tert-OH is 1. The molecule has 0 bridgehead atoms. The highest BCUT2D eigenvalue weighted by molar-refractivity contribution is 5.37. The minimum Gasteiger partial charge on any atom is -0.396 e. The third kappa shape index (κ3) is 2.04. The lowest BCUT2D eigenvalue weighted by atomic mass is 9.98. The molecule has 0 spiro atoms. The Morgan fingerprint density at radius 3 is 2.71 bits per heavy atom. The van der Waals surface area contributed by atoms with Crippen molar-refractivity contribution in [1.29, 1.82) is 0 Å². The van der Waals surface area contributed by atoms with Crippen LogP contribution in [0.4, 0.5) is 5.82 Å². The van der Waals surface area contributed by atoms with Gasteiger partial charge in [-0.3, -0.25) is 0 Å². The quantitative estimate of drug-likeness (QED) is 0.767. The summed E-state index contributed by atoms with van der Waals surface area (Å²) in [5.74, 6) is 1.55. The molecular formula is C11H16N2O. The number of nitrogens with zero attached hydrogens (tertiary/aromatic N) is 2. The molecule has 1 saturated heterocycles. The van der Waals surface area contributed by atoms with Crippen molar-refractivity contribution in [3.63, 3.8) is 0 Å². The van der Waals surface area contributed by atoms with Crippen molar-refractivity contribution in [2.75, 3.05) is 24.6 Å². The Balaban J connectivity index is 1.96. The van der Waals surface area contributed by atoms with Gasteiger partial charge in [0.15, 0.2) is 0 Å². The standard InChI is InChI=1S/C11H16N2O/c14-9-10-4-7-13(8-5-10)11-3-1-2-6-12-11/h1-3,6,10,14H,4-5,7-9H2. The van der Waals surface area contributed by atoms with E-state index >= 15 is 0 Å². The molecule has 1 aromatic heterocycles. The van der Waals surface area contributed by atoms with Crippen LogP contribution in [0.3, 0.4) is 0 Å². The SMILES string of the molecule is OCC1CCN(c2ccccn2)CC1. The minimum absolute atomic E-state index is 0.329. The Labute approximate surface area is 84.4 Å². The van der Waals surface area contributed by atoms with E-state index in [0.29, 0.717) is 12.5 Å². The minimum atomic E-state index is 0.329. The molecule has 0 aliphatic carbocycles. The van der Waals surface area contributed by atoms with E-state index in [0.717, 1.165) is 31.7 Å². The Morgan fingerprint density at radius 1 is 1.36 bits per heavy atom. The molecule has 3 nitrogen and oxygen atoms in total. The number of aliphatic hydroxyl groups is 1. The second-order valence-electron chi connectivity index (χ2n) is 3.80. The topological polar surface area (TPSA) is 36.4 Å². The number of rotatable bonds is 2. The lowest BCUT2D eigenvalue weighted by molar-refractivity contribution is 0.203. The molecule has 0 amide bonds. The maximum Gasteiger partial charge on any atom is 0.128 e. The fourth-order valence-corrected chi connectivity index (χ4v) is 1.89. The summed E-state index contributed by atoms with van der Waals surface area (Å²) in [6.07, 6.45) is 3.98. The fourth-order valence-electron chi connectivity index (χ4n) is 1.89. The third-order valence-electron chi connectivity index (χ3n) is 2.85. The number of piperidine rings is 1. The number of aromatic nitrogens is 1. The first-order chi connectivity index (χ1) is 6.90. The molecule has 14 heavy (non-hydrogen) atoms. The fraction of sp³-hybridized carbons (Fsp3) is 0.545. The first-order valence-corrected chi connectivity index (χ1v) is 5.17. The van der Waals surface area contributed by atoms with Crippen LogP contribution in [0.5, 0.6) is 0 Å². The number of hydrogen-bond donors (Lipinski definition) is 1. The van der Waals surface area contributed by atoms with Gasteiger partial charge in [0.2, 0.25) is 0 Å². The van der Waals surface area contributed by atoms with E-state index in [1.54, 1.807) is 0 Å². The van der Waals surface area contributed by atoms with Crippen molar-refractivity contribution in [2.24, 2.45) is 5.92 Å². The average molecular weight is 192 g/mol. The molecule has 0 aromatic carbocycles. The molecule has 0 radical (unpaired) electrons. The van der Waals surface area contributed by atoms with Crippen LogP contribution in [0, 0.1) is 5.92 Å². The first-order valence-electron chi connectivity index (χ1n) is 5.17. The summed E-state index contributed by atoms with van der Waals surface area (Å²) < 4.78 is 0. The lowest BCUT2D eigenvalue weighted by Crippen LogP contribution is -2.35. The van der Waals surface area contributed by atoms with Gasteiger partial charge in [0.1, 0.15) is 5.82 Å². The van der Waals surface area contributed by atoms with Crippen molar-refractivity contribution in [2.45, 2.75) is 12.8 Å². The van der Waals surface area contributed by atoms with Crippen molar-refractivity contribution < 1.29 is 5.11 Å². The van der Waals surface area contributed by atoms with Gasteiger partial charge in [-0.1, -0.05) is 6.07 Å². The largest absolute Gasteiger partial charge is 0.396 e. The molecule has 2 rings (SSSR count). The van der Waals surface area contributed by atoms with E-state index in [-0.39, 0.29) is 0 Å². The maximum atomic E-state index is 9.01. The zero-order chi connectivity index (χ0) is 9.80. The van der Waals surface area contributed by atoms with Gasteiger partial charge in [-0.15, -0.1) is 0 Å². The van der Waals surface area contributed by atoms with Crippen molar-refractivity contribution >= 4 is 5.82 Å². The molecule has 2 heterocycles. The number of pyridine rings is 1. The Kier molecular flexibility index (Phi) is 2.99. The predicted molar refractivity (Wildman–Crippen MR) is 56.3 cm³/mol. The average Bonchev–Trinajstić information content (AvgIpc) is 2.30. The van der Waals surface area contributed by atoms with Crippen LogP contribution in [0.15, 0.2) is 24.4 Å². The summed E-state index contributed by atoms with van der Waals surface area (Å²) in [4.78, 5) is 6.60. The van der Waals surface area contributed by atoms with Gasteiger partial charge in [0.05, 0.1) is 0 Å². The molecule has 0 atom stereocenters. The summed E-state index contributed by atoms with van der Waals surface area (Å²) in [6, 6.07) is 5.99. The van der Waals surface area contributed by atoms with Gasteiger partial charge in [-0.25, -0.2) is 4.98 Å². The number of anilines is 1. The normalized spacial score (nSPS) is 18.5. The summed E-state index contributed by atoms with van der Waals surface area (Å²) in [5, 5.41) is 9.01. The van der Waals surface area contributed by atoms with Crippen molar-refractivity contribution in [3.8, 4) is 0 Å². The van der Waals surface area contributed by atoms with Gasteiger partial charge in [-0.2, -0.15) is 0 Å². The smallest absolute Gasteiger partial charge is 0.128 e. The van der Waals surface area contributed by atoms with Gasteiger partial charge < -0.3 is 10.0 Å². The zero-order valence-corrected chi connectivity index (χ0v) is 8.26. The van der Waals surface area contributed by atoms with Crippen LogP contribution < -0.4 is 4.90 Å². The molecule has 0 saturated carbocycles. The van der Waals surface area contributed by atoms with Crippen LogP contribution in [0.1, 0.15) is 12.8 Å². The molecular weight excluding hydrogens is 176 g/mol. The molecule has 1 fully saturated rings. The molecule has 1 aliphatic heterocycles. The Bertz CT molecular complexity index is 268. The van der Waals surface area contributed by atoms with E-state index in [4.69, 9.17) is 5.11 Å². The van der Waals surface area contributed by atoms with E-state index in [1.165, 1.54) is 0 Å². The van der Waals surface area contributed by atoms with Crippen LogP contribution in [-0.2, 0) is 0 Å². The summed E-state index contributed by atoms with van der Waals surface area (Å²) in [5.41, 5.74) is 0. The highest BCUT2D eigenvalue weighted by atomic mass is 16.3. The van der Waals surface area contributed by atoms with Crippen molar-refractivity contribution in [1.82, 2.24) is 4.98 Å². The number of hydrogen-bond acceptors (Lipinski definition) is 3. The van der Waals surface area contributed by atoms with Gasteiger partial charge >= 0.3 is 0 Å². The first kappa shape index (κ1) is 9.46. The van der Waals surface area contributed by atoms with Gasteiger partial charge in [-0.05, 0) is 30.9 Å². The molecule has 1 aromatic rings. The monoisotopic (exact) mass is 192 g/mol. The Morgan fingerprint density at radius 2 is 2.14 bits per heavy atom. The maximum absolute atomic E-state index is 9.01. The zero-order valence-electron chi connectivity index (χ0n) is 8.26. The predicted octanol–water partition coefficient (Wildman–Crippen LogP) is 1.29. The highest BCUT2D eigenvalue weighted by Crippen LogP contribution is 2.20. The van der Waals surface area contributed by atoms with Crippen LogP contribution in [-0.4, -0.2) is 29.8 Å². The van der Waals surface area contributed by atoms with Crippen LogP contribution in [0.2, 0.25) is 0 Å². The van der Waals surface area contributed by atoms with E-state index < -0.39 is 0 Å². The van der Waals surface area contributed by atoms with E-state index in [9.17, 15) is 0 Å². The Hall–Kier alpha value is -1.09. The van der Waals surface area contributed by atoms with Crippen LogP contribution >= 0.6 is 0 Å². The second kappa shape index (κ2) is 4.42. The second-order valence-corrected chi connectivity index (χ2v) is 3.80. The third-order valence-corrected chi connectivity index (χ3v) is 2.85. The summed E-state index contributed by atoms with van der Waals surface area (Å²) >= 11 is 0. The van der Waals surface area contributed by atoms with E-state index in [1.807, 2.05) is 24.4 Å². The molecule has 0 unspecified atom stereocenters. The lowest BCUT2D eigenvalue weighted by Gasteiger charge is -2.31. The summed E-state index contributed by atoms with van der Waals surface area (Å²) in [7, 11) is 0. The van der Waals surface area contributed by atoms with Gasteiger partial charge in [0.25, 0.3) is 0 Å². The van der Waals surface area contributed by atoms with E-state index in [2.05, 4.69) is 9.88 Å².